The predicted octanol–water partition coefficient (Wildman–Crippen LogP) is 3.62. The fourth-order valence-electron chi connectivity index (χ4n) is 1.67. The number of hydrogen-bond donors (Lipinski definition) is 0. The molecule has 4 nitrogen and oxygen atoms in total. The van der Waals surface area contributed by atoms with Gasteiger partial charge in [-0.15, -0.1) is 0 Å². The van der Waals surface area contributed by atoms with E-state index in [-0.39, 0.29) is 25.2 Å². The molecule has 0 spiro atoms. The second-order valence-electron chi connectivity index (χ2n) is 4.71. The Morgan fingerprint density at radius 1 is 0.684 bits per heavy atom. The summed E-state index contributed by atoms with van der Waals surface area (Å²) in [7, 11) is 0. The van der Waals surface area contributed by atoms with E-state index in [0.29, 0.717) is 12.8 Å². The minimum absolute atomic E-state index is 0.172. The van der Waals surface area contributed by atoms with Crippen LogP contribution in [0.4, 0.5) is 0 Å². The van der Waals surface area contributed by atoms with Gasteiger partial charge in [0.25, 0.3) is 0 Å². The van der Waals surface area contributed by atoms with Crippen LogP contribution in [0.5, 0.6) is 0 Å². The second-order valence-corrected chi connectivity index (χ2v) is 4.71. The normalized spacial score (nSPS) is 10.2. The van der Waals surface area contributed by atoms with Crippen LogP contribution < -0.4 is 0 Å². The molecule has 0 saturated heterocycles. The van der Waals surface area contributed by atoms with Gasteiger partial charge in [-0.1, -0.05) is 46.0 Å². The van der Waals surface area contributed by atoms with Gasteiger partial charge >= 0.3 is 11.9 Å². The summed E-state index contributed by atoms with van der Waals surface area (Å²) in [6, 6.07) is 0. The average Bonchev–Trinajstić information content (AvgIpc) is 2.40. The summed E-state index contributed by atoms with van der Waals surface area (Å²) < 4.78 is 9.95. The molecule has 0 bridgehead atoms. The van der Waals surface area contributed by atoms with E-state index in [2.05, 4.69) is 13.8 Å². The smallest absolute Gasteiger partial charge is 0.305 e. The maximum Gasteiger partial charge on any atom is 0.305 e. The first-order valence-electron chi connectivity index (χ1n) is 7.52. The van der Waals surface area contributed by atoms with Crippen molar-refractivity contribution < 1.29 is 19.1 Å². The zero-order chi connectivity index (χ0) is 14.3. The highest BCUT2D eigenvalue weighted by molar-refractivity contribution is 5.70. The second kappa shape index (κ2) is 13.4. The van der Waals surface area contributed by atoms with Crippen LogP contribution in [0.25, 0.3) is 0 Å². The van der Waals surface area contributed by atoms with E-state index >= 15 is 0 Å². The molecule has 0 rings (SSSR count). The molecule has 0 unspecified atom stereocenters. The van der Waals surface area contributed by atoms with Crippen molar-refractivity contribution in [1.29, 1.82) is 0 Å². The van der Waals surface area contributed by atoms with E-state index < -0.39 is 0 Å². The van der Waals surface area contributed by atoms with Gasteiger partial charge in [0.1, 0.15) is 13.2 Å². The molecule has 0 saturated carbocycles. The molecule has 0 fully saturated rings. The van der Waals surface area contributed by atoms with Gasteiger partial charge in [0.05, 0.1) is 0 Å². The summed E-state index contributed by atoms with van der Waals surface area (Å²) in [5, 5.41) is 0. The van der Waals surface area contributed by atoms with E-state index in [4.69, 9.17) is 9.47 Å². The monoisotopic (exact) mass is 272 g/mol. The molecule has 19 heavy (non-hydrogen) atoms. The van der Waals surface area contributed by atoms with Crippen LogP contribution in [0.15, 0.2) is 0 Å². The molecule has 0 atom stereocenters. The van der Waals surface area contributed by atoms with Crippen molar-refractivity contribution >= 4 is 11.9 Å². The van der Waals surface area contributed by atoms with Crippen molar-refractivity contribution in [3.05, 3.63) is 0 Å². The minimum Gasteiger partial charge on any atom is -0.462 e. The Morgan fingerprint density at radius 2 is 1.11 bits per heavy atom. The van der Waals surface area contributed by atoms with Gasteiger partial charge in [0.15, 0.2) is 0 Å². The highest BCUT2D eigenvalue weighted by Crippen LogP contribution is 2.03. The third kappa shape index (κ3) is 13.2. The molecular formula is C15H28O4. The summed E-state index contributed by atoms with van der Waals surface area (Å²) in [6.45, 7) is 4.57. The van der Waals surface area contributed by atoms with Gasteiger partial charge in [0, 0.05) is 12.8 Å². The zero-order valence-electron chi connectivity index (χ0n) is 12.4. The van der Waals surface area contributed by atoms with Gasteiger partial charge in [-0.05, 0) is 12.8 Å². The van der Waals surface area contributed by atoms with Crippen molar-refractivity contribution in [2.24, 2.45) is 0 Å². The minimum atomic E-state index is -0.201. The first-order chi connectivity index (χ1) is 9.20. The molecule has 0 aromatic rings. The Balaban J connectivity index is 3.32. The third-order valence-electron chi connectivity index (χ3n) is 2.83. The van der Waals surface area contributed by atoms with Crippen molar-refractivity contribution in [3.8, 4) is 0 Å². The lowest BCUT2D eigenvalue weighted by Gasteiger charge is -2.06. The van der Waals surface area contributed by atoms with Crippen molar-refractivity contribution in [2.45, 2.75) is 71.6 Å². The number of carbonyl (C=O) groups is 2. The molecule has 0 radical (unpaired) electrons. The molecule has 4 heteroatoms. The van der Waals surface area contributed by atoms with Gasteiger partial charge in [-0.3, -0.25) is 9.59 Å². The molecule has 0 heterocycles. The van der Waals surface area contributed by atoms with E-state index in [1.807, 2.05) is 0 Å². The Hall–Kier alpha value is -1.06. The zero-order valence-corrected chi connectivity index (χ0v) is 12.4. The molecule has 0 aliphatic heterocycles. The van der Waals surface area contributed by atoms with Crippen LogP contribution in [0.1, 0.15) is 71.6 Å². The number of ether oxygens (including phenoxy) is 2. The number of carbonyl (C=O) groups excluding carboxylic acids is 2. The molecule has 0 N–H and O–H groups in total. The van der Waals surface area contributed by atoms with Crippen LogP contribution in [-0.2, 0) is 19.1 Å². The van der Waals surface area contributed by atoms with Crippen LogP contribution in [0.2, 0.25) is 0 Å². The summed E-state index contributed by atoms with van der Waals surface area (Å²) in [6.07, 6.45) is 8.17. The third-order valence-corrected chi connectivity index (χ3v) is 2.83. The SMILES string of the molecule is CCCCCCC(=O)OCCOC(=O)CCCCC. The highest BCUT2D eigenvalue weighted by atomic mass is 16.6. The highest BCUT2D eigenvalue weighted by Gasteiger charge is 2.05. The van der Waals surface area contributed by atoms with Gasteiger partial charge < -0.3 is 9.47 Å². The lowest BCUT2D eigenvalue weighted by molar-refractivity contribution is -0.152. The van der Waals surface area contributed by atoms with E-state index in [1.165, 1.54) is 0 Å². The fraction of sp³-hybridized carbons (Fsp3) is 0.867. The summed E-state index contributed by atoms with van der Waals surface area (Å²) in [4.78, 5) is 22.5. The first kappa shape index (κ1) is 17.9. The fourth-order valence-corrected chi connectivity index (χ4v) is 1.67. The quantitative estimate of drug-likeness (QED) is 0.402. The van der Waals surface area contributed by atoms with Crippen LogP contribution >= 0.6 is 0 Å². The molecule has 112 valence electrons. The number of hydrogen-bond acceptors (Lipinski definition) is 4. The van der Waals surface area contributed by atoms with E-state index in [0.717, 1.165) is 44.9 Å². The standard InChI is InChI=1S/C15H28O4/c1-3-5-7-9-11-15(17)19-13-12-18-14(16)10-8-6-4-2/h3-13H2,1-2H3. The molecule has 0 aliphatic carbocycles. The van der Waals surface area contributed by atoms with Crippen molar-refractivity contribution in [1.82, 2.24) is 0 Å². The van der Waals surface area contributed by atoms with Gasteiger partial charge in [0.2, 0.25) is 0 Å². The number of unbranched alkanes of at least 4 members (excludes halogenated alkanes) is 5. The van der Waals surface area contributed by atoms with E-state index in [1.54, 1.807) is 0 Å². The summed E-state index contributed by atoms with van der Waals surface area (Å²) in [5.41, 5.74) is 0. The van der Waals surface area contributed by atoms with Crippen LogP contribution in [0, 0.1) is 0 Å². The average molecular weight is 272 g/mol. The predicted molar refractivity (Wildman–Crippen MR) is 74.8 cm³/mol. The molecule has 0 aromatic heterocycles. The molecule has 0 aliphatic rings. The molecular weight excluding hydrogens is 244 g/mol. The first-order valence-corrected chi connectivity index (χ1v) is 7.52. The lowest BCUT2D eigenvalue weighted by atomic mass is 10.2. The van der Waals surface area contributed by atoms with Crippen molar-refractivity contribution in [2.75, 3.05) is 13.2 Å². The Bertz CT molecular complexity index is 238. The Kier molecular flexibility index (Phi) is 12.6. The molecule has 0 aromatic carbocycles. The van der Waals surface area contributed by atoms with Gasteiger partial charge in [-0.25, -0.2) is 0 Å². The molecule has 0 amide bonds. The number of rotatable bonds is 12. The topological polar surface area (TPSA) is 52.6 Å². The lowest BCUT2D eigenvalue weighted by Crippen LogP contribution is -2.13. The Morgan fingerprint density at radius 3 is 1.58 bits per heavy atom. The maximum atomic E-state index is 11.3. The van der Waals surface area contributed by atoms with Crippen molar-refractivity contribution in [3.63, 3.8) is 0 Å². The maximum absolute atomic E-state index is 11.3. The summed E-state index contributed by atoms with van der Waals surface area (Å²) in [5.74, 6) is -0.398. The van der Waals surface area contributed by atoms with Crippen LogP contribution in [-0.4, -0.2) is 25.2 Å². The van der Waals surface area contributed by atoms with Gasteiger partial charge in [-0.2, -0.15) is 0 Å². The largest absolute Gasteiger partial charge is 0.462 e. The number of esters is 2. The van der Waals surface area contributed by atoms with E-state index in [9.17, 15) is 9.59 Å². The Labute approximate surface area is 116 Å². The van der Waals surface area contributed by atoms with Crippen LogP contribution in [0.3, 0.4) is 0 Å². The summed E-state index contributed by atoms with van der Waals surface area (Å²) >= 11 is 0.